The maximum Gasteiger partial charge on any atom is 0.268 e. The number of anilines is 2. The summed E-state index contributed by atoms with van der Waals surface area (Å²) in [5.74, 6) is -0.510. The highest BCUT2D eigenvalue weighted by Gasteiger charge is 2.21. The van der Waals surface area contributed by atoms with Gasteiger partial charge in [-0.3, -0.25) is 14.9 Å². The lowest BCUT2D eigenvalue weighted by molar-refractivity contribution is 0.0996. The fourth-order valence-electron chi connectivity index (χ4n) is 2.77. The largest absolute Gasteiger partial charge is 0.310 e. The molecule has 144 valence electrons. The van der Waals surface area contributed by atoms with E-state index in [9.17, 15) is 9.59 Å². The maximum absolute atomic E-state index is 12.9. The second-order valence-electron chi connectivity index (χ2n) is 6.09. The SMILES string of the molecule is CN(C(=O)c1cccs1)c1ccccc1C(=O)Nc1nnc(-c2ccccc2)s1. The minimum Gasteiger partial charge on any atom is -0.310 e. The van der Waals surface area contributed by atoms with E-state index in [0.29, 0.717) is 21.3 Å². The number of para-hydroxylation sites is 1. The van der Waals surface area contributed by atoms with Crippen molar-refractivity contribution in [2.45, 2.75) is 0 Å². The second kappa shape index (κ2) is 8.34. The Kier molecular flexibility index (Phi) is 5.46. The number of nitrogens with one attached hydrogen (secondary N) is 1. The molecule has 0 saturated carbocycles. The van der Waals surface area contributed by atoms with E-state index >= 15 is 0 Å². The lowest BCUT2D eigenvalue weighted by atomic mass is 10.1. The lowest BCUT2D eigenvalue weighted by Crippen LogP contribution is -2.28. The van der Waals surface area contributed by atoms with Crippen LogP contribution in [0.5, 0.6) is 0 Å². The Bertz CT molecular complexity index is 1140. The first-order valence-electron chi connectivity index (χ1n) is 8.74. The Morgan fingerprint density at radius 2 is 1.69 bits per heavy atom. The molecule has 8 heteroatoms. The molecule has 2 amide bonds. The first-order chi connectivity index (χ1) is 14.1. The van der Waals surface area contributed by atoms with Crippen LogP contribution >= 0.6 is 22.7 Å². The number of aromatic nitrogens is 2. The van der Waals surface area contributed by atoms with Crippen LogP contribution in [0.15, 0.2) is 72.1 Å². The molecule has 2 aromatic heterocycles. The number of hydrogen-bond acceptors (Lipinski definition) is 6. The third kappa shape index (κ3) is 4.08. The predicted octanol–water partition coefficient (Wildman–Crippen LogP) is 4.80. The normalized spacial score (nSPS) is 10.5. The topological polar surface area (TPSA) is 75.2 Å². The monoisotopic (exact) mass is 420 g/mol. The molecule has 29 heavy (non-hydrogen) atoms. The van der Waals surface area contributed by atoms with Gasteiger partial charge in [-0.05, 0) is 23.6 Å². The molecule has 0 atom stereocenters. The van der Waals surface area contributed by atoms with Gasteiger partial charge >= 0.3 is 0 Å². The van der Waals surface area contributed by atoms with Crippen LogP contribution in [0.25, 0.3) is 10.6 Å². The molecule has 0 radical (unpaired) electrons. The number of rotatable bonds is 5. The highest BCUT2D eigenvalue weighted by Crippen LogP contribution is 2.28. The lowest BCUT2D eigenvalue weighted by Gasteiger charge is -2.19. The summed E-state index contributed by atoms with van der Waals surface area (Å²) < 4.78 is 0. The van der Waals surface area contributed by atoms with Crippen molar-refractivity contribution in [2.75, 3.05) is 17.3 Å². The fraction of sp³-hybridized carbons (Fsp3) is 0.0476. The molecule has 0 aliphatic rings. The van der Waals surface area contributed by atoms with Crippen molar-refractivity contribution in [2.24, 2.45) is 0 Å². The molecular weight excluding hydrogens is 404 g/mol. The molecule has 2 heterocycles. The van der Waals surface area contributed by atoms with E-state index in [0.717, 1.165) is 10.6 Å². The summed E-state index contributed by atoms with van der Waals surface area (Å²) in [5.41, 5.74) is 1.85. The Morgan fingerprint density at radius 1 is 0.931 bits per heavy atom. The van der Waals surface area contributed by atoms with Crippen LogP contribution in [0.1, 0.15) is 20.0 Å². The zero-order valence-electron chi connectivity index (χ0n) is 15.4. The Labute approximate surface area is 175 Å². The van der Waals surface area contributed by atoms with Crippen molar-refractivity contribution in [3.05, 3.63) is 82.6 Å². The second-order valence-corrected chi connectivity index (χ2v) is 8.02. The Hall–Kier alpha value is -3.36. The van der Waals surface area contributed by atoms with E-state index in [1.54, 1.807) is 37.4 Å². The molecule has 4 rings (SSSR count). The van der Waals surface area contributed by atoms with E-state index in [-0.39, 0.29) is 11.8 Å². The van der Waals surface area contributed by atoms with Gasteiger partial charge in [0.2, 0.25) is 5.13 Å². The van der Waals surface area contributed by atoms with Gasteiger partial charge in [-0.25, -0.2) is 0 Å². The summed E-state index contributed by atoms with van der Waals surface area (Å²) in [6, 6.07) is 20.2. The molecular formula is C21H16N4O2S2. The van der Waals surface area contributed by atoms with Crippen molar-refractivity contribution >= 4 is 45.3 Å². The van der Waals surface area contributed by atoms with Gasteiger partial charge in [0.15, 0.2) is 0 Å². The van der Waals surface area contributed by atoms with Gasteiger partial charge in [0.05, 0.1) is 16.1 Å². The Balaban J connectivity index is 1.56. The summed E-state index contributed by atoms with van der Waals surface area (Å²) in [5, 5.41) is 14.0. The third-order valence-electron chi connectivity index (χ3n) is 4.21. The predicted molar refractivity (Wildman–Crippen MR) is 117 cm³/mol. The number of hydrogen-bond donors (Lipinski definition) is 1. The summed E-state index contributed by atoms with van der Waals surface area (Å²) in [6.45, 7) is 0. The van der Waals surface area contributed by atoms with Gasteiger partial charge in [-0.1, -0.05) is 59.9 Å². The zero-order chi connectivity index (χ0) is 20.2. The molecule has 2 aromatic carbocycles. The number of amides is 2. The molecule has 4 aromatic rings. The molecule has 0 aliphatic heterocycles. The summed E-state index contributed by atoms with van der Waals surface area (Å²) in [7, 11) is 1.66. The Morgan fingerprint density at radius 3 is 2.45 bits per heavy atom. The van der Waals surface area contributed by atoms with E-state index < -0.39 is 0 Å². The molecule has 0 fully saturated rings. The number of benzene rings is 2. The molecule has 0 bridgehead atoms. The van der Waals surface area contributed by atoms with E-state index in [1.165, 1.54) is 27.6 Å². The van der Waals surface area contributed by atoms with Gasteiger partial charge < -0.3 is 4.90 Å². The maximum atomic E-state index is 12.9. The number of carbonyl (C=O) groups is 2. The smallest absolute Gasteiger partial charge is 0.268 e. The average Bonchev–Trinajstić information content (AvgIpc) is 3.46. The highest BCUT2D eigenvalue weighted by atomic mass is 32.1. The zero-order valence-corrected chi connectivity index (χ0v) is 17.0. The number of thiophene rings is 1. The van der Waals surface area contributed by atoms with Gasteiger partial charge in [-0.15, -0.1) is 21.5 Å². The molecule has 0 spiro atoms. The van der Waals surface area contributed by atoms with Crippen molar-refractivity contribution in [3.63, 3.8) is 0 Å². The van der Waals surface area contributed by atoms with E-state index in [1.807, 2.05) is 41.8 Å². The highest BCUT2D eigenvalue weighted by molar-refractivity contribution is 7.18. The summed E-state index contributed by atoms with van der Waals surface area (Å²) >= 11 is 2.66. The van der Waals surface area contributed by atoms with Crippen LogP contribution in [-0.4, -0.2) is 29.1 Å². The van der Waals surface area contributed by atoms with Crippen molar-refractivity contribution < 1.29 is 9.59 Å². The summed E-state index contributed by atoms with van der Waals surface area (Å²) in [4.78, 5) is 27.7. The van der Waals surface area contributed by atoms with Crippen molar-refractivity contribution in [1.82, 2.24) is 10.2 Å². The van der Waals surface area contributed by atoms with Crippen molar-refractivity contribution in [3.8, 4) is 10.6 Å². The third-order valence-corrected chi connectivity index (χ3v) is 5.96. The fourth-order valence-corrected chi connectivity index (χ4v) is 4.21. The van der Waals surface area contributed by atoms with Gasteiger partial charge in [-0.2, -0.15) is 0 Å². The first-order valence-corrected chi connectivity index (χ1v) is 10.4. The van der Waals surface area contributed by atoms with Crippen LogP contribution in [0.4, 0.5) is 10.8 Å². The number of nitrogens with zero attached hydrogens (tertiary/aromatic N) is 3. The molecule has 0 saturated heterocycles. The molecule has 1 N–H and O–H groups in total. The number of carbonyl (C=O) groups excluding carboxylic acids is 2. The quantitative estimate of drug-likeness (QED) is 0.503. The van der Waals surface area contributed by atoms with Gasteiger partial charge in [0.25, 0.3) is 11.8 Å². The molecule has 0 aliphatic carbocycles. The minimum atomic E-state index is -0.345. The van der Waals surface area contributed by atoms with Crippen molar-refractivity contribution in [1.29, 1.82) is 0 Å². The van der Waals surface area contributed by atoms with Crippen LogP contribution in [-0.2, 0) is 0 Å². The van der Waals surface area contributed by atoms with Gasteiger partial charge in [0, 0.05) is 12.6 Å². The van der Waals surface area contributed by atoms with Crippen LogP contribution in [0.3, 0.4) is 0 Å². The standard InChI is InChI=1S/C21H16N4O2S2/c1-25(20(27)17-12-7-13-28-17)16-11-6-5-10-15(16)18(26)22-21-24-23-19(29-21)14-8-3-2-4-9-14/h2-13H,1H3,(H,22,24,26). The van der Waals surface area contributed by atoms with E-state index in [2.05, 4.69) is 15.5 Å². The van der Waals surface area contributed by atoms with Gasteiger partial charge in [0.1, 0.15) is 5.01 Å². The van der Waals surface area contributed by atoms with Crippen LogP contribution < -0.4 is 10.2 Å². The van der Waals surface area contributed by atoms with E-state index in [4.69, 9.17) is 0 Å². The average molecular weight is 421 g/mol. The minimum absolute atomic E-state index is 0.164. The first kappa shape index (κ1) is 19.0. The summed E-state index contributed by atoms with van der Waals surface area (Å²) in [6.07, 6.45) is 0. The molecule has 6 nitrogen and oxygen atoms in total. The molecule has 0 unspecified atom stereocenters. The van der Waals surface area contributed by atoms with Crippen LogP contribution in [0.2, 0.25) is 0 Å². The van der Waals surface area contributed by atoms with Crippen LogP contribution in [0, 0.1) is 0 Å².